The molecule has 0 bridgehead atoms. The molecule has 1 aromatic rings. The second-order valence-electron chi connectivity index (χ2n) is 4.21. The zero-order valence-corrected chi connectivity index (χ0v) is 11.9. The molecule has 0 aliphatic carbocycles. The zero-order valence-electron chi connectivity index (χ0n) is 10.3. The summed E-state index contributed by atoms with van der Waals surface area (Å²) in [6, 6.07) is 3.12. The number of nitrogen functional groups attached to an aromatic ring is 1. The summed E-state index contributed by atoms with van der Waals surface area (Å²) in [5.74, 6) is -0.720. The molecule has 5 nitrogen and oxygen atoms in total. The highest BCUT2D eigenvalue weighted by atomic mass is 79.9. The zero-order chi connectivity index (χ0) is 13.9. The quantitative estimate of drug-likeness (QED) is 0.731. The van der Waals surface area contributed by atoms with E-state index >= 15 is 0 Å². The molecule has 0 aliphatic heterocycles. The van der Waals surface area contributed by atoms with Gasteiger partial charge >= 0.3 is 0 Å². The molecule has 0 radical (unpaired) electrons. The van der Waals surface area contributed by atoms with Crippen molar-refractivity contribution in [1.29, 1.82) is 0 Å². The van der Waals surface area contributed by atoms with Gasteiger partial charge in [0.2, 0.25) is 5.91 Å². The van der Waals surface area contributed by atoms with Gasteiger partial charge in [-0.05, 0) is 31.5 Å². The van der Waals surface area contributed by atoms with Gasteiger partial charge in [0, 0.05) is 28.2 Å². The van der Waals surface area contributed by atoms with Crippen molar-refractivity contribution in [2.75, 3.05) is 5.73 Å². The average molecular weight is 314 g/mol. The minimum absolute atomic E-state index is 0.105. The molecule has 18 heavy (non-hydrogen) atoms. The molecule has 6 heteroatoms. The Labute approximate surface area is 114 Å². The number of carbonyl (C=O) groups is 2. The van der Waals surface area contributed by atoms with E-state index in [0.29, 0.717) is 16.8 Å². The van der Waals surface area contributed by atoms with Gasteiger partial charge in [-0.15, -0.1) is 0 Å². The van der Waals surface area contributed by atoms with E-state index in [2.05, 4.69) is 21.2 Å². The van der Waals surface area contributed by atoms with E-state index in [1.165, 1.54) is 0 Å². The molecule has 1 unspecified atom stereocenters. The minimum Gasteiger partial charge on any atom is -0.398 e. The Bertz CT molecular complexity index is 488. The van der Waals surface area contributed by atoms with Gasteiger partial charge in [-0.1, -0.05) is 15.9 Å². The van der Waals surface area contributed by atoms with Gasteiger partial charge in [-0.3, -0.25) is 9.59 Å². The van der Waals surface area contributed by atoms with Gasteiger partial charge in [-0.2, -0.15) is 0 Å². The Hall–Kier alpha value is -1.56. The molecule has 2 amide bonds. The van der Waals surface area contributed by atoms with Crippen molar-refractivity contribution in [3.8, 4) is 0 Å². The Kier molecular flexibility index (Phi) is 4.72. The normalized spacial score (nSPS) is 11.9. The smallest absolute Gasteiger partial charge is 0.251 e. The maximum absolute atomic E-state index is 12.0. The number of carbonyl (C=O) groups excluding carboxylic acids is 2. The van der Waals surface area contributed by atoms with Crippen LogP contribution in [0.25, 0.3) is 0 Å². The summed E-state index contributed by atoms with van der Waals surface area (Å²) in [5.41, 5.74) is 12.6. The first-order valence-corrected chi connectivity index (χ1v) is 6.25. The highest BCUT2D eigenvalue weighted by Gasteiger charge is 2.15. The molecular formula is C12H16BrN3O2. The number of hydrogen-bond donors (Lipinski definition) is 3. The summed E-state index contributed by atoms with van der Waals surface area (Å²) in [4.78, 5) is 22.8. The Morgan fingerprint density at radius 3 is 2.61 bits per heavy atom. The first kappa shape index (κ1) is 14.5. The number of amides is 2. The maximum atomic E-state index is 12.0. The standard InChI is InChI=1S/C12H16BrN3O2/c1-6(3-11(15)17)16-12(18)9-4-8(13)5-10(14)7(9)2/h4-6H,3,14H2,1-2H3,(H2,15,17)(H,16,18). The van der Waals surface area contributed by atoms with Crippen LogP contribution in [-0.4, -0.2) is 17.9 Å². The van der Waals surface area contributed by atoms with Crippen LogP contribution in [-0.2, 0) is 4.79 Å². The number of anilines is 1. The van der Waals surface area contributed by atoms with Gasteiger partial charge in [0.05, 0.1) is 0 Å². The summed E-state index contributed by atoms with van der Waals surface area (Å²) < 4.78 is 0.735. The van der Waals surface area contributed by atoms with Crippen LogP contribution < -0.4 is 16.8 Å². The van der Waals surface area contributed by atoms with Gasteiger partial charge in [-0.25, -0.2) is 0 Å². The highest BCUT2D eigenvalue weighted by molar-refractivity contribution is 9.10. The third-order valence-electron chi connectivity index (χ3n) is 2.54. The average Bonchev–Trinajstić information content (AvgIpc) is 2.21. The Balaban J connectivity index is 2.88. The van der Waals surface area contributed by atoms with E-state index in [1.807, 2.05) is 0 Å². The van der Waals surface area contributed by atoms with Crippen LogP contribution in [0, 0.1) is 6.92 Å². The molecule has 0 aliphatic rings. The number of nitrogens with two attached hydrogens (primary N) is 2. The van der Waals surface area contributed by atoms with Crippen LogP contribution in [0.4, 0.5) is 5.69 Å². The van der Waals surface area contributed by atoms with Gasteiger partial charge in [0.1, 0.15) is 0 Å². The number of hydrogen-bond acceptors (Lipinski definition) is 3. The number of rotatable bonds is 4. The van der Waals surface area contributed by atoms with Crippen molar-refractivity contribution >= 4 is 33.4 Å². The van der Waals surface area contributed by atoms with Crippen molar-refractivity contribution < 1.29 is 9.59 Å². The van der Waals surface area contributed by atoms with E-state index in [0.717, 1.165) is 4.47 Å². The van der Waals surface area contributed by atoms with Gasteiger partial charge in [0.15, 0.2) is 0 Å². The summed E-state index contributed by atoms with van der Waals surface area (Å²) >= 11 is 3.29. The van der Waals surface area contributed by atoms with Crippen molar-refractivity contribution in [2.24, 2.45) is 5.73 Å². The molecule has 1 atom stereocenters. The summed E-state index contributed by atoms with van der Waals surface area (Å²) in [5, 5.41) is 2.71. The lowest BCUT2D eigenvalue weighted by atomic mass is 10.1. The molecule has 0 heterocycles. The molecule has 1 aromatic carbocycles. The van der Waals surface area contributed by atoms with E-state index in [-0.39, 0.29) is 18.4 Å². The van der Waals surface area contributed by atoms with Crippen LogP contribution >= 0.6 is 15.9 Å². The number of halogens is 1. The SMILES string of the molecule is Cc1c(N)cc(Br)cc1C(=O)NC(C)CC(N)=O. The van der Waals surface area contributed by atoms with Crippen molar-refractivity contribution in [1.82, 2.24) is 5.32 Å². The Morgan fingerprint density at radius 2 is 2.06 bits per heavy atom. The fraction of sp³-hybridized carbons (Fsp3) is 0.333. The molecule has 0 saturated carbocycles. The van der Waals surface area contributed by atoms with Crippen LogP contribution in [0.5, 0.6) is 0 Å². The molecular weight excluding hydrogens is 298 g/mol. The lowest BCUT2D eigenvalue weighted by molar-refractivity contribution is -0.118. The fourth-order valence-corrected chi connectivity index (χ4v) is 2.07. The predicted octanol–water partition coefficient (Wildman–Crippen LogP) is 1.33. The monoisotopic (exact) mass is 313 g/mol. The third kappa shape index (κ3) is 3.73. The molecule has 1 rings (SSSR count). The fourth-order valence-electron chi connectivity index (χ4n) is 1.59. The Morgan fingerprint density at radius 1 is 1.44 bits per heavy atom. The summed E-state index contributed by atoms with van der Waals surface area (Å²) in [7, 11) is 0. The van der Waals surface area contributed by atoms with E-state index in [1.54, 1.807) is 26.0 Å². The molecule has 5 N–H and O–H groups in total. The van der Waals surface area contributed by atoms with Crippen molar-refractivity contribution in [3.63, 3.8) is 0 Å². The first-order chi connectivity index (χ1) is 8.31. The van der Waals surface area contributed by atoms with Crippen LogP contribution in [0.2, 0.25) is 0 Å². The topological polar surface area (TPSA) is 98.2 Å². The lowest BCUT2D eigenvalue weighted by Gasteiger charge is -2.14. The minimum atomic E-state index is -0.451. The molecule has 98 valence electrons. The molecule has 0 fully saturated rings. The van der Waals surface area contributed by atoms with Crippen LogP contribution in [0.3, 0.4) is 0 Å². The van der Waals surface area contributed by atoms with Crippen LogP contribution in [0.1, 0.15) is 29.3 Å². The van der Waals surface area contributed by atoms with E-state index < -0.39 is 5.91 Å². The number of nitrogens with one attached hydrogen (secondary N) is 1. The predicted molar refractivity (Wildman–Crippen MR) is 74.0 cm³/mol. The highest BCUT2D eigenvalue weighted by Crippen LogP contribution is 2.22. The first-order valence-electron chi connectivity index (χ1n) is 5.46. The van der Waals surface area contributed by atoms with Gasteiger partial charge in [0.25, 0.3) is 5.91 Å². The third-order valence-corrected chi connectivity index (χ3v) is 3.00. The molecule has 0 saturated heterocycles. The molecule has 0 aromatic heterocycles. The second kappa shape index (κ2) is 5.86. The van der Waals surface area contributed by atoms with Crippen LogP contribution in [0.15, 0.2) is 16.6 Å². The second-order valence-corrected chi connectivity index (χ2v) is 5.13. The van der Waals surface area contributed by atoms with Crippen molar-refractivity contribution in [2.45, 2.75) is 26.3 Å². The van der Waals surface area contributed by atoms with Gasteiger partial charge < -0.3 is 16.8 Å². The molecule has 0 spiro atoms. The summed E-state index contributed by atoms with van der Waals surface area (Å²) in [6.45, 7) is 3.49. The van der Waals surface area contributed by atoms with E-state index in [4.69, 9.17) is 11.5 Å². The van der Waals surface area contributed by atoms with Crippen molar-refractivity contribution in [3.05, 3.63) is 27.7 Å². The number of primary amides is 1. The number of benzene rings is 1. The maximum Gasteiger partial charge on any atom is 0.251 e. The lowest BCUT2D eigenvalue weighted by Crippen LogP contribution is -2.36. The van der Waals surface area contributed by atoms with E-state index in [9.17, 15) is 9.59 Å². The summed E-state index contributed by atoms with van der Waals surface area (Å²) in [6.07, 6.45) is 0.105. The largest absolute Gasteiger partial charge is 0.398 e.